The predicted octanol–water partition coefficient (Wildman–Crippen LogP) is 0.824. The van der Waals surface area contributed by atoms with E-state index in [1.165, 1.54) is 0 Å². The monoisotopic (exact) mass is 263 g/mol. The molecule has 1 aliphatic rings. The first kappa shape index (κ1) is 14.9. The number of hydrogen-bond acceptors (Lipinski definition) is 3. The van der Waals surface area contributed by atoms with Crippen LogP contribution in [0.15, 0.2) is 0 Å². The van der Waals surface area contributed by atoms with E-state index >= 15 is 0 Å². The van der Waals surface area contributed by atoms with Crippen molar-refractivity contribution < 1.29 is 8.42 Å². The number of nitrogens with one attached hydrogen (secondary N) is 1. The second kappa shape index (κ2) is 7.31. The molecule has 0 aromatic heterocycles. The first-order valence-electron chi connectivity index (χ1n) is 6.57. The Morgan fingerprint density at radius 1 is 1.29 bits per heavy atom. The maximum absolute atomic E-state index is 12.1. The van der Waals surface area contributed by atoms with Gasteiger partial charge in [-0.2, -0.15) is 17.4 Å². The second-order valence-electron chi connectivity index (χ2n) is 4.66. The minimum atomic E-state index is -3.32. The molecule has 1 fully saturated rings. The first-order chi connectivity index (χ1) is 8.10. The molecule has 0 bridgehead atoms. The van der Waals surface area contributed by atoms with Crippen LogP contribution in [0.1, 0.15) is 45.4 Å². The zero-order valence-corrected chi connectivity index (χ0v) is 11.5. The number of piperidine rings is 1. The SMILES string of the molecule is CCCC[C@H](CN)NS(=O)(=O)N1CCCCC1. The van der Waals surface area contributed by atoms with Gasteiger partial charge in [-0.1, -0.05) is 26.2 Å². The van der Waals surface area contributed by atoms with Crippen molar-refractivity contribution >= 4 is 10.2 Å². The maximum atomic E-state index is 12.1. The Hall–Kier alpha value is -0.170. The highest BCUT2D eigenvalue weighted by Crippen LogP contribution is 2.13. The lowest BCUT2D eigenvalue weighted by Crippen LogP contribution is -2.49. The Morgan fingerprint density at radius 2 is 1.94 bits per heavy atom. The number of hydrogen-bond donors (Lipinski definition) is 2. The van der Waals surface area contributed by atoms with Crippen molar-refractivity contribution in [1.82, 2.24) is 9.03 Å². The van der Waals surface area contributed by atoms with Gasteiger partial charge in [0.05, 0.1) is 0 Å². The zero-order valence-electron chi connectivity index (χ0n) is 10.7. The Labute approximate surface area is 105 Å². The van der Waals surface area contributed by atoms with Crippen LogP contribution in [0.3, 0.4) is 0 Å². The van der Waals surface area contributed by atoms with Crippen LogP contribution in [0.2, 0.25) is 0 Å². The molecule has 0 aromatic carbocycles. The van der Waals surface area contributed by atoms with Crippen LogP contribution in [-0.4, -0.2) is 38.4 Å². The molecular formula is C11H25N3O2S. The average Bonchev–Trinajstić information content (AvgIpc) is 2.35. The fourth-order valence-corrected chi connectivity index (χ4v) is 3.59. The fourth-order valence-electron chi connectivity index (χ4n) is 2.07. The fraction of sp³-hybridized carbons (Fsp3) is 1.00. The highest BCUT2D eigenvalue weighted by Gasteiger charge is 2.25. The summed E-state index contributed by atoms with van der Waals surface area (Å²) < 4.78 is 28.4. The van der Waals surface area contributed by atoms with Gasteiger partial charge < -0.3 is 5.73 Å². The van der Waals surface area contributed by atoms with Crippen LogP contribution >= 0.6 is 0 Å². The molecular weight excluding hydrogens is 238 g/mol. The Morgan fingerprint density at radius 3 is 2.47 bits per heavy atom. The molecule has 0 saturated carbocycles. The van der Waals surface area contributed by atoms with E-state index in [9.17, 15) is 8.42 Å². The van der Waals surface area contributed by atoms with Crippen LogP contribution in [0, 0.1) is 0 Å². The van der Waals surface area contributed by atoms with Crippen molar-refractivity contribution in [1.29, 1.82) is 0 Å². The molecule has 1 aliphatic heterocycles. The quantitative estimate of drug-likeness (QED) is 0.714. The second-order valence-corrected chi connectivity index (χ2v) is 6.36. The summed E-state index contributed by atoms with van der Waals surface area (Å²) in [5.74, 6) is 0. The summed E-state index contributed by atoms with van der Waals surface area (Å²) in [6, 6.07) is -0.123. The number of nitrogens with zero attached hydrogens (tertiary/aromatic N) is 1. The van der Waals surface area contributed by atoms with Crippen LogP contribution in [0.4, 0.5) is 0 Å². The predicted molar refractivity (Wildman–Crippen MR) is 69.8 cm³/mol. The highest BCUT2D eigenvalue weighted by molar-refractivity contribution is 7.87. The van der Waals surface area contributed by atoms with E-state index in [1.54, 1.807) is 4.31 Å². The lowest BCUT2D eigenvalue weighted by Gasteiger charge is -2.28. The zero-order chi connectivity index (χ0) is 12.7. The molecule has 0 aliphatic carbocycles. The molecule has 1 saturated heterocycles. The molecule has 1 atom stereocenters. The topological polar surface area (TPSA) is 75.4 Å². The van der Waals surface area contributed by atoms with Gasteiger partial charge in [0.1, 0.15) is 0 Å². The van der Waals surface area contributed by atoms with Gasteiger partial charge in [0.15, 0.2) is 0 Å². The van der Waals surface area contributed by atoms with Crippen molar-refractivity contribution in [2.24, 2.45) is 5.73 Å². The van der Waals surface area contributed by atoms with Crippen molar-refractivity contribution in [3.8, 4) is 0 Å². The Bertz CT molecular complexity index is 300. The van der Waals surface area contributed by atoms with Gasteiger partial charge in [-0.15, -0.1) is 0 Å². The van der Waals surface area contributed by atoms with E-state index < -0.39 is 10.2 Å². The van der Waals surface area contributed by atoms with Crippen LogP contribution in [0.25, 0.3) is 0 Å². The summed E-state index contributed by atoms with van der Waals surface area (Å²) in [6.07, 6.45) is 5.93. The third-order valence-corrected chi connectivity index (χ3v) is 4.84. The third-order valence-electron chi connectivity index (χ3n) is 3.16. The van der Waals surface area contributed by atoms with E-state index in [2.05, 4.69) is 11.6 Å². The van der Waals surface area contributed by atoms with E-state index in [-0.39, 0.29) is 6.04 Å². The molecule has 1 heterocycles. The van der Waals surface area contributed by atoms with Crippen LogP contribution < -0.4 is 10.5 Å². The lowest BCUT2D eigenvalue weighted by molar-refractivity contribution is 0.337. The van der Waals surface area contributed by atoms with Gasteiger partial charge in [-0.05, 0) is 19.3 Å². The van der Waals surface area contributed by atoms with Gasteiger partial charge in [0.25, 0.3) is 10.2 Å². The number of rotatable bonds is 7. The van der Waals surface area contributed by atoms with Crippen molar-refractivity contribution in [3.63, 3.8) is 0 Å². The molecule has 102 valence electrons. The highest BCUT2D eigenvalue weighted by atomic mass is 32.2. The molecule has 0 unspecified atom stereocenters. The summed E-state index contributed by atoms with van der Waals surface area (Å²) in [7, 11) is -3.32. The van der Waals surface area contributed by atoms with E-state index in [0.717, 1.165) is 38.5 Å². The van der Waals surface area contributed by atoms with E-state index in [4.69, 9.17) is 5.73 Å². The largest absolute Gasteiger partial charge is 0.329 e. The summed E-state index contributed by atoms with van der Waals surface area (Å²) >= 11 is 0. The van der Waals surface area contributed by atoms with Crippen molar-refractivity contribution in [2.75, 3.05) is 19.6 Å². The van der Waals surface area contributed by atoms with Gasteiger partial charge in [-0.3, -0.25) is 0 Å². The van der Waals surface area contributed by atoms with Gasteiger partial charge in [-0.25, -0.2) is 0 Å². The van der Waals surface area contributed by atoms with Crippen molar-refractivity contribution in [2.45, 2.75) is 51.5 Å². The smallest absolute Gasteiger partial charge is 0.279 e. The molecule has 0 aromatic rings. The molecule has 17 heavy (non-hydrogen) atoms. The summed E-state index contributed by atoms with van der Waals surface area (Å²) in [5.41, 5.74) is 5.60. The Kier molecular flexibility index (Phi) is 6.40. The molecule has 1 rings (SSSR count). The summed E-state index contributed by atoms with van der Waals surface area (Å²) in [5, 5.41) is 0. The van der Waals surface area contributed by atoms with Gasteiger partial charge in [0.2, 0.25) is 0 Å². The van der Waals surface area contributed by atoms with E-state index in [1.807, 2.05) is 0 Å². The third kappa shape index (κ3) is 4.91. The normalized spacial score (nSPS) is 20.4. The summed E-state index contributed by atoms with van der Waals surface area (Å²) in [6.45, 7) is 3.74. The summed E-state index contributed by atoms with van der Waals surface area (Å²) in [4.78, 5) is 0. The average molecular weight is 263 g/mol. The standard InChI is InChI=1S/C11H25N3O2S/c1-2-3-7-11(10-12)13-17(15,16)14-8-5-4-6-9-14/h11,13H,2-10,12H2,1H3/t11-/m1/s1. The lowest BCUT2D eigenvalue weighted by atomic mass is 10.1. The molecule has 3 N–H and O–H groups in total. The first-order valence-corrected chi connectivity index (χ1v) is 8.01. The molecule has 0 radical (unpaired) electrons. The van der Waals surface area contributed by atoms with Gasteiger partial charge >= 0.3 is 0 Å². The molecule has 5 nitrogen and oxygen atoms in total. The number of unbranched alkanes of at least 4 members (excludes halogenated alkanes) is 1. The van der Waals surface area contributed by atoms with Crippen LogP contribution in [-0.2, 0) is 10.2 Å². The maximum Gasteiger partial charge on any atom is 0.279 e. The van der Waals surface area contributed by atoms with Gasteiger partial charge in [0, 0.05) is 25.7 Å². The van der Waals surface area contributed by atoms with Crippen LogP contribution in [0.5, 0.6) is 0 Å². The Balaban J connectivity index is 2.50. The van der Waals surface area contributed by atoms with E-state index in [0.29, 0.717) is 19.6 Å². The molecule has 6 heteroatoms. The minimum Gasteiger partial charge on any atom is -0.329 e. The molecule has 0 amide bonds. The molecule has 0 spiro atoms. The minimum absolute atomic E-state index is 0.123. The number of nitrogens with two attached hydrogens (primary N) is 1. The van der Waals surface area contributed by atoms with Crippen molar-refractivity contribution in [3.05, 3.63) is 0 Å².